The second-order valence-corrected chi connectivity index (χ2v) is 9.29. The lowest BCUT2D eigenvalue weighted by atomic mass is 9.98. The van der Waals surface area contributed by atoms with E-state index < -0.39 is 66.2 Å². The van der Waals surface area contributed by atoms with E-state index in [4.69, 9.17) is 16.6 Å². The van der Waals surface area contributed by atoms with Crippen molar-refractivity contribution >= 4 is 29.7 Å². The standard InChI is InChI=1S/C23H43N5O7/c1-5-14(4)19(23(34)35)28-22(33)17(9-10-18(29)30)27-21(32)16(8-6-7-11-24)26-20(31)15(25)12-13(2)3/h13-17,19H,5-12,24-25H2,1-4H3,(H,26,31)(H,27,32)(H,28,33)(H,29,30)(H,34,35). The van der Waals surface area contributed by atoms with Crippen LogP contribution in [-0.2, 0) is 24.0 Å². The maximum absolute atomic E-state index is 13.0. The van der Waals surface area contributed by atoms with E-state index >= 15 is 0 Å². The summed E-state index contributed by atoms with van der Waals surface area (Å²) in [6.07, 6.45) is 1.58. The molecule has 0 bridgehead atoms. The highest BCUT2D eigenvalue weighted by Gasteiger charge is 2.32. The van der Waals surface area contributed by atoms with Gasteiger partial charge < -0.3 is 37.6 Å². The number of carboxylic acid groups (broad SMARTS) is 2. The van der Waals surface area contributed by atoms with Crippen molar-refractivity contribution in [2.75, 3.05) is 6.54 Å². The molecule has 0 radical (unpaired) electrons. The van der Waals surface area contributed by atoms with E-state index in [0.29, 0.717) is 32.2 Å². The van der Waals surface area contributed by atoms with E-state index in [9.17, 15) is 29.1 Å². The van der Waals surface area contributed by atoms with Crippen molar-refractivity contribution < 1.29 is 34.2 Å². The predicted molar refractivity (Wildman–Crippen MR) is 130 cm³/mol. The monoisotopic (exact) mass is 501 g/mol. The van der Waals surface area contributed by atoms with Gasteiger partial charge in [0.1, 0.15) is 18.1 Å². The molecule has 5 atom stereocenters. The smallest absolute Gasteiger partial charge is 0.326 e. The van der Waals surface area contributed by atoms with Crippen molar-refractivity contribution in [3.8, 4) is 0 Å². The molecule has 5 unspecified atom stereocenters. The van der Waals surface area contributed by atoms with Crippen molar-refractivity contribution in [2.24, 2.45) is 23.3 Å². The van der Waals surface area contributed by atoms with Gasteiger partial charge in [-0.25, -0.2) is 4.79 Å². The first kappa shape index (κ1) is 32.3. The third kappa shape index (κ3) is 13.1. The van der Waals surface area contributed by atoms with E-state index in [1.165, 1.54) is 0 Å². The molecule has 0 aromatic heterocycles. The fraction of sp³-hybridized carbons (Fsp3) is 0.783. The molecule has 3 amide bonds. The highest BCUT2D eigenvalue weighted by molar-refractivity contribution is 5.94. The molecular weight excluding hydrogens is 458 g/mol. The molecule has 0 saturated heterocycles. The van der Waals surface area contributed by atoms with Gasteiger partial charge >= 0.3 is 11.9 Å². The van der Waals surface area contributed by atoms with E-state index in [1.54, 1.807) is 13.8 Å². The number of carboxylic acids is 2. The van der Waals surface area contributed by atoms with Gasteiger partial charge in [0.15, 0.2) is 0 Å². The van der Waals surface area contributed by atoms with Crippen LogP contribution in [0.3, 0.4) is 0 Å². The number of rotatable bonds is 18. The zero-order chi connectivity index (χ0) is 27.1. The molecule has 0 aromatic carbocycles. The molecule has 202 valence electrons. The molecule has 35 heavy (non-hydrogen) atoms. The SMILES string of the molecule is CCC(C)C(NC(=O)C(CCC(=O)O)NC(=O)C(CCCCN)NC(=O)C(N)CC(C)C)C(=O)O. The average Bonchev–Trinajstić information content (AvgIpc) is 2.77. The molecule has 0 heterocycles. The summed E-state index contributed by atoms with van der Waals surface area (Å²) in [5.41, 5.74) is 11.5. The Balaban J connectivity index is 5.62. The molecule has 12 heteroatoms. The number of carbonyl (C=O) groups excluding carboxylic acids is 3. The number of aliphatic carboxylic acids is 2. The normalized spacial score (nSPS) is 15.4. The molecule has 0 fully saturated rings. The minimum Gasteiger partial charge on any atom is -0.481 e. The number of unbranched alkanes of at least 4 members (excludes halogenated alkanes) is 1. The lowest BCUT2D eigenvalue weighted by molar-refractivity contribution is -0.144. The Bertz CT molecular complexity index is 716. The van der Waals surface area contributed by atoms with Crippen LogP contribution in [-0.4, -0.2) is 70.6 Å². The van der Waals surface area contributed by atoms with Crippen molar-refractivity contribution in [1.82, 2.24) is 16.0 Å². The third-order valence-corrected chi connectivity index (χ3v) is 5.70. The predicted octanol–water partition coefficient (Wildman–Crippen LogP) is -0.0613. The van der Waals surface area contributed by atoms with Crippen molar-refractivity contribution in [3.05, 3.63) is 0 Å². The lowest BCUT2D eigenvalue weighted by Crippen LogP contribution is -2.57. The van der Waals surface area contributed by atoms with Crippen molar-refractivity contribution in [3.63, 3.8) is 0 Å². The molecule has 12 nitrogen and oxygen atoms in total. The van der Waals surface area contributed by atoms with Gasteiger partial charge in [0.2, 0.25) is 17.7 Å². The summed E-state index contributed by atoms with van der Waals surface area (Å²) < 4.78 is 0. The van der Waals surface area contributed by atoms with Gasteiger partial charge in [-0.05, 0) is 50.5 Å². The number of nitrogens with one attached hydrogen (secondary N) is 3. The molecule has 0 spiro atoms. The zero-order valence-electron chi connectivity index (χ0n) is 21.2. The number of hydrogen-bond donors (Lipinski definition) is 7. The summed E-state index contributed by atoms with van der Waals surface area (Å²) in [6.45, 7) is 7.65. The van der Waals surface area contributed by atoms with Crippen LogP contribution in [0.5, 0.6) is 0 Å². The molecule has 0 rings (SSSR count). The first-order valence-electron chi connectivity index (χ1n) is 12.1. The fourth-order valence-corrected chi connectivity index (χ4v) is 3.40. The van der Waals surface area contributed by atoms with Gasteiger partial charge in [-0.3, -0.25) is 19.2 Å². The molecule has 0 aliphatic heterocycles. The van der Waals surface area contributed by atoms with Crippen LogP contribution in [0.25, 0.3) is 0 Å². The van der Waals surface area contributed by atoms with Gasteiger partial charge in [-0.15, -0.1) is 0 Å². The van der Waals surface area contributed by atoms with Crippen LogP contribution in [0.2, 0.25) is 0 Å². The Hall–Kier alpha value is -2.73. The zero-order valence-corrected chi connectivity index (χ0v) is 21.2. The summed E-state index contributed by atoms with van der Waals surface area (Å²) in [4.78, 5) is 61.1. The molecular formula is C23H43N5O7. The van der Waals surface area contributed by atoms with E-state index in [0.717, 1.165) is 0 Å². The van der Waals surface area contributed by atoms with Crippen LogP contribution in [0.4, 0.5) is 0 Å². The van der Waals surface area contributed by atoms with Crippen molar-refractivity contribution in [1.29, 1.82) is 0 Å². The molecule has 0 aliphatic carbocycles. The number of carbonyl (C=O) groups is 5. The van der Waals surface area contributed by atoms with Crippen LogP contribution in [0.15, 0.2) is 0 Å². The topological polar surface area (TPSA) is 214 Å². The third-order valence-electron chi connectivity index (χ3n) is 5.70. The van der Waals surface area contributed by atoms with Gasteiger partial charge in [-0.1, -0.05) is 34.1 Å². The van der Waals surface area contributed by atoms with Gasteiger partial charge in [0, 0.05) is 6.42 Å². The summed E-state index contributed by atoms with van der Waals surface area (Å²) in [6, 6.07) is -4.34. The largest absolute Gasteiger partial charge is 0.481 e. The quantitative estimate of drug-likeness (QED) is 0.125. The second-order valence-electron chi connectivity index (χ2n) is 9.29. The van der Waals surface area contributed by atoms with Gasteiger partial charge in [0.05, 0.1) is 6.04 Å². The van der Waals surface area contributed by atoms with Crippen LogP contribution in [0.1, 0.15) is 72.6 Å². The van der Waals surface area contributed by atoms with Crippen molar-refractivity contribution in [2.45, 2.75) is 96.8 Å². The second kappa shape index (κ2) is 16.8. The number of amides is 3. The Kier molecular flexibility index (Phi) is 15.5. The fourth-order valence-electron chi connectivity index (χ4n) is 3.40. The van der Waals surface area contributed by atoms with Crippen LogP contribution in [0, 0.1) is 11.8 Å². The van der Waals surface area contributed by atoms with Crippen LogP contribution >= 0.6 is 0 Å². The van der Waals surface area contributed by atoms with E-state index in [2.05, 4.69) is 16.0 Å². The molecule has 0 aromatic rings. The Morgan fingerprint density at radius 3 is 1.86 bits per heavy atom. The maximum Gasteiger partial charge on any atom is 0.326 e. The minimum atomic E-state index is -1.30. The highest BCUT2D eigenvalue weighted by atomic mass is 16.4. The summed E-state index contributed by atoms with van der Waals surface area (Å²) in [5.74, 6) is -4.65. The van der Waals surface area contributed by atoms with E-state index in [1.807, 2.05) is 13.8 Å². The highest BCUT2D eigenvalue weighted by Crippen LogP contribution is 2.10. The maximum atomic E-state index is 13.0. The Labute approximate surface area is 206 Å². The molecule has 0 aliphatic rings. The summed E-state index contributed by atoms with van der Waals surface area (Å²) in [5, 5.41) is 26.0. The van der Waals surface area contributed by atoms with E-state index in [-0.39, 0.29) is 18.8 Å². The first-order valence-corrected chi connectivity index (χ1v) is 12.1. The number of hydrogen-bond acceptors (Lipinski definition) is 7. The Morgan fingerprint density at radius 1 is 0.829 bits per heavy atom. The van der Waals surface area contributed by atoms with Crippen LogP contribution < -0.4 is 27.4 Å². The minimum absolute atomic E-state index is 0.164. The van der Waals surface area contributed by atoms with Gasteiger partial charge in [-0.2, -0.15) is 0 Å². The molecule has 0 saturated carbocycles. The lowest BCUT2D eigenvalue weighted by Gasteiger charge is -2.26. The van der Waals surface area contributed by atoms with Gasteiger partial charge in [0.25, 0.3) is 0 Å². The Morgan fingerprint density at radius 2 is 1.37 bits per heavy atom. The summed E-state index contributed by atoms with van der Waals surface area (Å²) in [7, 11) is 0. The molecule has 9 N–H and O–H groups in total. The summed E-state index contributed by atoms with van der Waals surface area (Å²) >= 11 is 0. The first-order chi connectivity index (χ1) is 16.3. The average molecular weight is 502 g/mol. The number of nitrogens with two attached hydrogens (primary N) is 2.